The van der Waals surface area contributed by atoms with E-state index in [0.29, 0.717) is 5.69 Å². The summed E-state index contributed by atoms with van der Waals surface area (Å²) < 4.78 is 4.66. The minimum Gasteiger partial charge on any atom is -0.364 e. The van der Waals surface area contributed by atoms with Gasteiger partial charge in [-0.2, -0.15) is 0 Å². The van der Waals surface area contributed by atoms with Gasteiger partial charge in [0, 0.05) is 25.7 Å². The van der Waals surface area contributed by atoms with Crippen LogP contribution in [0.1, 0.15) is 23.3 Å². The minimum absolute atomic E-state index is 0.0718. The van der Waals surface area contributed by atoms with Crippen molar-refractivity contribution in [2.24, 2.45) is 0 Å². The Morgan fingerprint density at radius 3 is 3.20 bits per heavy atom. The first-order valence-electron chi connectivity index (χ1n) is 5.17. The van der Waals surface area contributed by atoms with Crippen molar-refractivity contribution >= 4 is 5.91 Å². The summed E-state index contributed by atoms with van der Waals surface area (Å²) in [6.45, 7) is 1.91. The number of hydrogen-bond acceptors (Lipinski definition) is 4. The van der Waals surface area contributed by atoms with Gasteiger partial charge in [-0.25, -0.2) is 0 Å². The molecule has 0 aromatic carbocycles. The number of likely N-dealkylation sites (N-methyl/N-ethyl adjacent to an activating group) is 1. The molecular weight excluding hydrogens is 194 g/mol. The molecule has 1 unspecified atom stereocenters. The molecule has 82 valence electrons. The summed E-state index contributed by atoms with van der Waals surface area (Å²) in [7, 11) is 1.81. The lowest BCUT2D eigenvalue weighted by Gasteiger charge is -2.31. The maximum atomic E-state index is 11.9. The van der Waals surface area contributed by atoms with E-state index in [4.69, 9.17) is 0 Å². The molecule has 0 saturated carbocycles. The summed E-state index contributed by atoms with van der Waals surface area (Å²) in [6.07, 6.45) is 3.58. The third-order valence-electron chi connectivity index (χ3n) is 2.80. The molecule has 0 aliphatic carbocycles. The average Bonchev–Trinajstić information content (AvgIpc) is 2.82. The topological polar surface area (TPSA) is 58.4 Å². The molecule has 1 aromatic heterocycles. The third kappa shape index (κ3) is 2.18. The first kappa shape index (κ1) is 10.2. The van der Waals surface area contributed by atoms with Crippen LogP contribution >= 0.6 is 0 Å². The second kappa shape index (κ2) is 4.44. The van der Waals surface area contributed by atoms with Gasteiger partial charge in [-0.15, -0.1) is 0 Å². The van der Waals surface area contributed by atoms with Crippen molar-refractivity contribution in [1.29, 1.82) is 0 Å². The van der Waals surface area contributed by atoms with Crippen LogP contribution in [-0.2, 0) is 0 Å². The number of carbonyl (C=O) groups excluding carboxylic acids is 1. The summed E-state index contributed by atoms with van der Waals surface area (Å²) >= 11 is 0. The fraction of sp³-hybridized carbons (Fsp3) is 0.600. The fourth-order valence-corrected chi connectivity index (χ4v) is 1.83. The fourth-order valence-electron chi connectivity index (χ4n) is 1.83. The van der Waals surface area contributed by atoms with Crippen LogP contribution < -0.4 is 5.32 Å². The van der Waals surface area contributed by atoms with Crippen molar-refractivity contribution in [2.75, 3.05) is 20.1 Å². The Labute approximate surface area is 88.4 Å². The monoisotopic (exact) mass is 209 g/mol. The molecule has 1 aromatic rings. The van der Waals surface area contributed by atoms with E-state index in [2.05, 4.69) is 15.0 Å². The molecule has 1 N–H and O–H groups in total. The molecule has 1 amide bonds. The zero-order valence-corrected chi connectivity index (χ0v) is 8.77. The zero-order valence-electron chi connectivity index (χ0n) is 8.77. The van der Waals surface area contributed by atoms with Gasteiger partial charge in [-0.1, -0.05) is 5.16 Å². The van der Waals surface area contributed by atoms with Crippen LogP contribution in [0.4, 0.5) is 0 Å². The summed E-state index contributed by atoms with van der Waals surface area (Å²) in [4.78, 5) is 13.6. The Kier molecular flexibility index (Phi) is 3.01. The van der Waals surface area contributed by atoms with Gasteiger partial charge in [0.25, 0.3) is 5.91 Å². The zero-order chi connectivity index (χ0) is 10.7. The van der Waals surface area contributed by atoms with E-state index in [1.807, 2.05) is 7.05 Å². The molecular formula is C10H15N3O2. The van der Waals surface area contributed by atoms with Crippen molar-refractivity contribution in [3.05, 3.63) is 18.0 Å². The number of amides is 1. The number of hydrogen-bond donors (Lipinski definition) is 1. The number of piperidine rings is 1. The molecule has 1 saturated heterocycles. The molecule has 0 spiro atoms. The van der Waals surface area contributed by atoms with E-state index in [0.717, 1.165) is 25.9 Å². The Morgan fingerprint density at radius 2 is 2.60 bits per heavy atom. The standard InChI is InChI=1S/C10H15N3O2/c1-13(8-3-2-5-11-7-8)10(14)9-4-6-15-12-9/h4,6,8,11H,2-3,5,7H2,1H3. The highest BCUT2D eigenvalue weighted by Gasteiger charge is 2.24. The van der Waals surface area contributed by atoms with Crippen LogP contribution in [0.2, 0.25) is 0 Å². The Balaban J connectivity index is 2.00. The van der Waals surface area contributed by atoms with Crippen molar-refractivity contribution in [3.8, 4) is 0 Å². The first-order chi connectivity index (χ1) is 7.29. The van der Waals surface area contributed by atoms with E-state index in [1.54, 1.807) is 11.0 Å². The van der Waals surface area contributed by atoms with Gasteiger partial charge in [0.05, 0.1) is 0 Å². The minimum atomic E-state index is -0.0718. The van der Waals surface area contributed by atoms with Gasteiger partial charge in [0.2, 0.25) is 0 Å². The van der Waals surface area contributed by atoms with E-state index in [-0.39, 0.29) is 11.9 Å². The van der Waals surface area contributed by atoms with Crippen LogP contribution in [-0.4, -0.2) is 42.1 Å². The van der Waals surface area contributed by atoms with E-state index in [9.17, 15) is 4.79 Å². The van der Waals surface area contributed by atoms with Gasteiger partial charge >= 0.3 is 0 Å². The molecule has 1 atom stereocenters. The van der Waals surface area contributed by atoms with Crippen LogP contribution in [0, 0.1) is 0 Å². The maximum absolute atomic E-state index is 11.9. The van der Waals surface area contributed by atoms with Crippen molar-refractivity contribution in [1.82, 2.24) is 15.4 Å². The third-order valence-corrected chi connectivity index (χ3v) is 2.80. The van der Waals surface area contributed by atoms with E-state index < -0.39 is 0 Å². The lowest BCUT2D eigenvalue weighted by Crippen LogP contribution is -2.46. The molecule has 5 nitrogen and oxygen atoms in total. The summed E-state index contributed by atoms with van der Waals surface area (Å²) in [5.74, 6) is -0.0718. The van der Waals surface area contributed by atoms with Crippen molar-refractivity contribution in [2.45, 2.75) is 18.9 Å². The van der Waals surface area contributed by atoms with Gasteiger partial charge < -0.3 is 14.7 Å². The van der Waals surface area contributed by atoms with Gasteiger partial charge in [-0.3, -0.25) is 4.79 Å². The Bertz CT molecular complexity index is 317. The SMILES string of the molecule is CN(C(=O)c1ccon1)C1CCCNC1. The second-order valence-corrected chi connectivity index (χ2v) is 3.80. The maximum Gasteiger partial charge on any atom is 0.276 e. The number of aromatic nitrogens is 1. The number of carbonyl (C=O) groups is 1. The molecule has 5 heteroatoms. The quantitative estimate of drug-likeness (QED) is 0.770. The lowest BCUT2D eigenvalue weighted by atomic mass is 10.1. The molecule has 0 bridgehead atoms. The normalized spacial score (nSPS) is 21.3. The highest BCUT2D eigenvalue weighted by molar-refractivity contribution is 5.92. The Morgan fingerprint density at radius 1 is 1.73 bits per heavy atom. The summed E-state index contributed by atoms with van der Waals surface area (Å²) in [6, 6.07) is 1.86. The van der Waals surface area contributed by atoms with E-state index in [1.165, 1.54) is 6.26 Å². The second-order valence-electron chi connectivity index (χ2n) is 3.80. The molecule has 2 heterocycles. The Hall–Kier alpha value is -1.36. The van der Waals surface area contributed by atoms with Gasteiger partial charge in [0.15, 0.2) is 5.69 Å². The summed E-state index contributed by atoms with van der Waals surface area (Å²) in [5, 5.41) is 6.92. The first-order valence-corrected chi connectivity index (χ1v) is 5.17. The number of rotatable bonds is 2. The van der Waals surface area contributed by atoms with Crippen LogP contribution in [0.25, 0.3) is 0 Å². The van der Waals surface area contributed by atoms with E-state index >= 15 is 0 Å². The number of nitrogens with one attached hydrogen (secondary N) is 1. The number of nitrogens with zero attached hydrogens (tertiary/aromatic N) is 2. The van der Waals surface area contributed by atoms with Crippen LogP contribution in [0.5, 0.6) is 0 Å². The predicted molar refractivity (Wildman–Crippen MR) is 54.5 cm³/mol. The lowest BCUT2D eigenvalue weighted by molar-refractivity contribution is 0.0698. The molecule has 1 aliphatic heterocycles. The molecule has 1 fully saturated rings. The molecule has 2 rings (SSSR count). The van der Waals surface area contributed by atoms with Crippen LogP contribution in [0.3, 0.4) is 0 Å². The van der Waals surface area contributed by atoms with Gasteiger partial charge in [0.1, 0.15) is 6.26 Å². The highest BCUT2D eigenvalue weighted by Crippen LogP contribution is 2.11. The highest BCUT2D eigenvalue weighted by atomic mass is 16.5. The van der Waals surface area contributed by atoms with Gasteiger partial charge in [-0.05, 0) is 19.4 Å². The molecule has 15 heavy (non-hydrogen) atoms. The summed E-state index contributed by atoms with van der Waals surface area (Å²) in [5.41, 5.74) is 0.378. The van der Waals surface area contributed by atoms with Crippen molar-refractivity contribution in [3.63, 3.8) is 0 Å². The largest absolute Gasteiger partial charge is 0.364 e. The van der Waals surface area contributed by atoms with Crippen LogP contribution in [0.15, 0.2) is 16.9 Å². The molecule has 1 aliphatic rings. The van der Waals surface area contributed by atoms with Crippen molar-refractivity contribution < 1.29 is 9.32 Å². The smallest absolute Gasteiger partial charge is 0.276 e. The average molecular weight is 209 g/mol. The predicted octanol–water partition coefficient (Wildman–Crippen LogP) is 0.499. The molecule has 0 radical (unpaired) electrons.